The number of carbonyl (C=O) groups excluding carboxylic acids is 1. The predicted octanol–water partition coefficient (Wildman–Crippen LogP) is 0.402. The first-order valence-electron chi connectivity index (χ1n) is 4.81. The molecule has 0 radical (unpaired) electrons. The number of hydrogen-bond donors (Lipinski definition) is 2. The molecule has 1 saturated carbocycles. The highest BCUT2D eigenvalue weighted by Gasteiger charge is 2.62. The highest BCUT2D eigenvalue weighted by atomic mass is 19.4. The predicted molar refractivity (Wildman–Crippen MR) is 49.1 cm³/mol. The molecular weight excluding hydrogens is 243 g/mol. The van der Waals surface area contributed by atoms with Crippen LogP contribution in [0.3, 0.4) is 0 Å². The Bertz CT molecular complexity index is 325. The Balaban J connectivity index is 0.000000185. The van der Waals surface area contributed by atoms with Crippen LogP contribution in [0.4, 0.5) is 13.2 Å². The molecule has 8 heteroatoms. The van der Waals surface area contributed by atoms with Crippen LogP contribution >= 0.6 is 0 Å². The Morgan fingerprint density at radius 1 is 1.41 bits per heavy atom. The van der Waals surface area contributed by atoms with Crippen molar-refractivity contribution in [3.05, 3.63) is 0 Å². The van der Waals surface area contributed by atoms with Gasteiger partial charge in [-0.15, -0.1) is 0 Å². The summed E-state index contributed by atoms with van der Waals surface area (Å²) in [6.45, 7) is 2.01. The maximum Gasteiger partial charge on any atom is 0.490 e. The van der Waals surface area contributed by atoms with Crippen molar-refractivity contribution in [3.8, 4) is 0 Å². The zero-order chi connectivity index (χ0) is 13.3. The Labute approximate surface area is 94.9 Å². The molecule has 0 bridgehead atoms. The van der Waals surface area contributed by atoms with E-state index in [1.54, 1.807) is 0 Å². The molecule has 1 atom stereocenters. The van der Waals surface area contributed by atoms with Crippen molar-refractivity contribution >= 4 is 11.9 Å². The molecule has 1 unspecified atom stereocenters. The zero-order valence-corrected chi connectivity index (χ0v) is 9.00. The summed E-state index contributed by atoms with van der Waals surface area (Å²) >= 11 is 0. The zero-order valence-electron chi connectivity index (χ0n) is 9.00. The minimum absolute atomic E-state index is 0.0264. The van der Waals surface area contributed by atoms with Crippen LogP contribution in [0.2, 0.25) is 0 Å². The van der Waals surface area contributed by atoms with Gasteiger partial charge in [-0.3, -0.25) is 4.79 Å². The lowest BCUT2D eigenvalue weighted by molar-refractivity contribution is -0.192. The number of carbonyl (C=O) groups is 2. The van der Waals surface area contributed by atoms with Crippen molar-refractivity contribution in [3.63, 3.8) is 0 Å². The fraction of sp³-hybridized carbons (Fsp3) is 0.778. The highest BCUT2D eigenvalue weighted by Crippen LogP contribution is 2.55. The number of halogens is 3. The first kappa shape index (κ1) is 13.8. The number of methoxy groups -OCH3 is 1. The van der Waals surface area contributed by atoms with E-state index in [1.807, 2.05) is 0 Å². The van der Waals surface area contributed by atoms with E-state index in [0.29, 0.717) is 5.41 Å². The number of esters is 1. The van der Waals surface area contributed by atoms with Crippen LogP contribution in [-0.2, 0) is 14.3 Å². The summed E-state index contributed by atoms with van der Waals surface area (Å²) < 4.78 is 36.4. The van der Waals surface area contributed by atoms with Gasteiger partial charge in [-0.25, -0.2) is 4.79 Å². The third kappa shape index (κ3) is 3.09. The molecule has 0 aromatic carbocycles. The van der Waals surface area contributed by atoms with Gasteiger partial charge in [0.25, 0.3) is 0 Å². The summed E-state index contributed by atoms with van der Waals surface area (Å²) in [4.78, 5) is 19.8. The van der Waals surface area contributed by atoms with Crippen LogP contribution < -0.4 is 5.32 Å². The Hall–Kier alpha value is -1.31. The molecule has 1 saturated heterocycles. The number of alkyl halides is 3. The molecule has 2 rings (SSSR count). The van der Waals surface area contributed by atoms with Gasteiger partial charge in [0.05, 0.1) is 13.0 Å². The monoisotopic (exact) mass is 255 g/mol. The lowest BCUT2D eigenvalue weighted by Crippen LogP contribution is -2.46. The summed E-state index contributed by atoms with van der Waals surface area (Å²) in [6.07, 6.45) is -4.05. The molecule has 2 aliphatic rings. The van der Waals surface area contributed by atoms with Gasteiger partial charge in [-0.1, -0.05) is 0 Å². The van der Waals surface area contributed by atoms with E-state index in [2.05, 4.69) is 10.1 Å². The average Bonchev–Trinajstić information content (AvgIpc) is 2.90. The summed E-state index contributed by atoms with van der Waals surface area (Å²) in [7, 11) is 1.46. The van der Waals surface area contributed by atoms with Crippen LogP contribution in [0.15, 0.2) is 0 Å². The molecule has 5 nitrogen and oxygen atoms in total. The van der Waals surface area contributed by atoms with E-state index in [-0.39, 0.29) is 11.9 Å². The third-order valence-electron chi connectivity index (χ3n) is 2.87. The summed E-state index contributed by atoms with van der Waals surface area (Å²) in [6, 6.07) is 0. The van der Waals surface area contributed by atoms with Crippen molar-refractivity contribution < 1.29 is 32.6 Å². The molecule has 0 amide bonds. The van der Waals surface area contributed by atoms with Crippen LogP contribution in [-0.4, -0.2) is 43.4 Å². The van der Waals surface area contributed by atoms with Gasteiger partial charge in [0.2, 0.25) is 0 Å². The number of rotatable bonds is 1. The van der Waals surface area contributed by atoms with Crippen molar-refractivity contribution in [2.75, 3.05) is 20.2 Å². The maximum absolute atomic E-state index is 10.9. The normalized spacial score (nSPS) is 24.1. The summed E-state index contributed by atoms with van der Waals surface area (Å²) in [5, 5.41) is 10.3. The quantitative estimate of drug-likeness (QED) is 0.663. The maximum atomic E-state index is 10.9. The molecule has 2 fully saturated rings. The second kappa shape index (κ2) is 4.52. The van der Waals surface area contributed by atoms with Crippen molar-refractivity contribution in [2.45, 2.75) is 12.6 Å². The second-order valence-corrected chi connectivity index (χ2v) is 4.05. The fourth-order valence-corrected chi connectivity index (χ4v) is 1.66. The van der Waals surface area contributed by atoms with E-state index >= 15 is 0 Å². The van der Waals surface area contributed by atoms with Crippen molar-refractivity contribution in [1.82, 2.24) is 5.32 Å². The Kier molecular flexibility index (Phi) is 3.65. The third-order valence-corrected chi connectivity index (χ3v) is 2.87. The molecule has 0 aromatic heterocycles. The topological polar surface area (TPSA) is 75.6 Å². The van der Waals surface area contributed by atoms with E-state index in [1.165, 1.54) is 7.11 Å². The van der Waals surface area contributed by atoms with Crippen LogP contribution in [0.5, 0.6) is 0 Å². The molecule has 17 heavy (non-hydrogen) atoms. The van der Waals surface area contributed by atoms with Gasteiger partial charge in [0.1, 0.15) is 0 Å². The van der Waals surface area contributed by atoms with Gasteiger partial charge < -0.3 is 15.2 Å². The van der Waals surface area contributed by atoms with Gasteiger partial charge in [0.15, 0.2) is 0 Å². The summed E-state index contributed by atoms with van der Waals surface area (Å²) in [5.41, 5.74) is 0.326. The van der Waals surface area contributed by atoms with E-state index in [9.17, 15) is 18.0 Å². The lowest BCUT2D eigenvalue weighted by atomic mass is 9.97. The largest absolute Gasteiger partial charge is 0.490 e. The minimum Gasteiger partial charge on any atom is -0.475 e. The van der Waals surface area contributed by atoms with Crippen molar-refractivity contribution in [1.29, 1.82) is 0 Å². The average molecular weight is 255 g/mol. The number of hydrogen-bond acceptors (Lipinski definition) is 4. The van der Waals surface area contributed by atoms with Crippen LogP contribution in [0.1, 0.15) is 6.42 Å². The molecule has 1 aliphatic heterocycles. The number of carboxylic acid groups (broad SMARTS) is 1. The van der Waals surface area contributed by atoms with E-state index < -0.39 is 12.1 Å². The molecule has 98 valence electrons. The van der Waals surface area contributed by atoms with Gasteiger partial charge in [0, 0.05) is 18.5 Å². The van der Waals surface area contributed by atoms with Crippen LogP contribution in [0, 0.1) is 11.3 Å². The van der Waals surface area contributed by atoms with Gasteiger partial charge >= 0.3 is 18.1 Å². The Morgan fingerprint density at radius 3 is 2.06 bits per heavy atom. The second-order valence-electron chi connectivity index (χ2n) is 4.05. The first-order chi connectivity index (χ1) is 7.73. The number of ether oxygens (including phenoxy) is 1. The first-order valence-corrected chi connectivity index (χ1v) is 4.81. The number of carboxylic acids is 1. The fourth-order valence-electron chi connectivity index (χ4n) is 1.66. The number of nitrogens with one attached hydrogen (secondary N) is 1. The smallest absolute Gasteiger partial charge is 0.475 e. The molecule has 1 heterocycles. The number of aliphatic carboxylic acids is 1. The molecule has 1 aliphatic carbocycles. The summed E-state index contributed by atoms with van der Waals surface area (Å²) in [5.74, 6) is -2.58. The highest BCUT2D eigenvalue weighted by molar-refractivity contribution is 5.77. The molecular formula is C9H12F3NO4. The van der Waals surface area contributed by atoms with E-state index in [4.69, 9.17) is 9.90 Å². The molecule has 1 spiro atoms. The van der Waals surface area contributed by atoms with E-state index in [0.717, 1.165) is 19.5 Å². The standard InChI is InChI=1S/C7H11NO2.C2HF3O2/c1-10-6(9)5-2-7(5)3-8-4-7;3-2(4,5)1(6)7/h5,8H,2-4H2,1H3;(H,6,7). The van der Waals surface area contributed by atoms with Crippen molar-refractivity contribution in [2.24, 2.45) is 11.3 Å². The van der Waals surface area contributed by atoms with Crippen LogP contribution in [0.25, 0.3) is 0 Å². The molecule has 2 N–H and O–H groups in total. The minimum atomic E-state index is -5.08. The van der Waals surface area contributed by atoms with Gasteiger partial charge in [-0.05, 0) is 6.42 Å². The SMILES string of the molecule is COC(=O)C1CC12CNC2.O=C(O)C(F)(F)F. The Morgan fingerprint density at radius 2 is 1.88 bits per heavy atom. The van der Waals surface area contributed by atoms with Gasteiger partial charge in [-0.2, -0.15) is 13.2 Å². The molecule has 0 aromatic rings. The lowest BCUT2D eigenvalue weighted by Gasteiger charge is -2.27.